The fourth-order valence-corrected chi connectivity index (χ4v) is 1.73. The van der Waals surface area contributed by atoms with Gasteiger partial charge in [0.2, 0.25) is 0 Å². The molecule has 1 aromatic heterocycles. The molecule has 0 spiro atoms. The average molecular weight is 218 g/mol. The number of rotatable bonds is 5. The molecule has 84 valence electrons. The Kier molecular flexibility index (Phi) is 3.34. The van der Waals surface area contributed by atoms with Crippen LogP contribution in [0.4, 0.5) is 0 Å². The number of aldehydes is 1. The predicted molar refractivity (Wildman–Crippen MR) is 62.5 cm³/mol. The molecule has 0 amide bonds. The van der Waals surface area contributed by atoms with E-state index in [1.54, 1.807) is 6.07 Å². The summed E-state index contributed by atoms with van der Waals surface area (Å²) in [6.45, 7) is 1.43. The van der Waals surface area contributed by atoms with Crippen molar-refractivity contribution in [3.8, 4) is 0 Å². The molecule has 1 heterocycles. The quantitative estimate of drug-likeness (QED) is 0.519. The highest BCUT2D eigenvalue weighted by Gasteiger charge is 2.03. The summed E-state index contributed by atoms with van der Waals surface area (Å²) >= 11 is 0. The van der Waals surface area contributed by atoms with Crippen LogP contribution in [0.15, 0.2) is 24.4 Å². The van der Waals surface area contributed by atoms with Crippen LogP contribution in [0.3, 0.4) is 0 Å². The van der Waals surface area contributed by atoms with Gasteiger partial charge in [0.15, 0.2) is 0 Å². The van der Waals surface area contributed by atoms with E-state index in [0.717, 1.165) is 22.8 Å². The summed E-state index contributed by atoms with van der Waals surface area (Å²) in [6.07, 6.45) is 2.76. The second kappa shape index (κ2) is 4.92. The number of aromatic nitrogens is 1. The average Bonchev–Trinajstić information content (AvgIpc) is 2.72. The minimum Gasteiger partial charge on any atom is -0.395 e. The van der Waals surface area contributed by atoms with Crippen molar-refractivity contribution < 1.29 is 9.90 Å². The Balaban J connectivity index is 2.23. The van der Waals surface area contributed by atoms with Crippen LogP contribution in [0, 0.1) is 0 Å². The number of aliphatic hydroxyl groups is 1. The fraction of sp³-hybridized carbons (Fsp3) is 0.250. The van der Waals surface area contributed by atoms with Crippen molar-refractivity contribution in [1.82, 2.24) is 10.3 Å². The minimum absolute atomic E-state index is 0.137. The third-order valence-corrected chi connectivity index (χ3v) is 2.53. The van der Waals surface area contributed by atoms with Gasteiger partial charge >= 0.3 is 0 Å². The van der Waals surface area contributed by atoms with E-state index in [-0.39, 0.29) is 6.61 Å². The molecule has 1 aromatic carbocycles. The van der Waals surface area contributed by atoms with Gasteiger partial charge in [-0.2, -0.15) is 0 Å². The molecule has 0 atom stereocenters. The highest BCUT2D eigenvalue weighted by molar-refractivity contribution is 5.89. The molecule has 0 aliphatic heterocycles. The summed E-state index contributed by atoms with van der Waals surface area (Å²) in [5.41, 5.74) is 2.77. The number of aromatic amines is 1. The number of hydrogen-bond acceptors (Lipinski definition) is 3. The number of aliphatic hydroxyl groups excluding tert-OH is 1. The number of nitrogens with one attached hydrogen (secondary N) is 2. The van der Waals surface area contributed by atoms with Crippen LogP contribution < -0.4 is 5.32 Å². The summed E-state index contributed by atoms with van der Waals surface area (Å²) in [7, 11) is 0. The normalized spacial score (nSPS) is 10.8. The van der Waals surface area contributed by atoms with Crippen LogP contribution in [-0.4, -0.2) is 29.5 Å². The summed E-state index contributed by atoms with van der Waals surface area (Å²) in [6, 6.07) is 5.57. The van der Waals surface area contributed by atoms with Crippen molar-refractivity contribution in [2.24, 2.45) is 0 Å². The Morgan fingerprint density at radius 1 is 1.44 bits per heavy atom. The molecule has 0 fully saturated rings. The maximum Gasteiger partial charge on any atom is 0.150 e. The molecule has 2 rings (SSSR count). The second-order valence-electron chi connectivity index (χ2n) is 3.64. The molecule has 16 heavy (non-hydrogen) atoms. The molecule has 2 aromatic rings. The third kappa shape index (κ3) is 2.13. The van der Waals surface area contributed by atoms with Crippen molar-refractivity contribution >= 4 is 17.2 Å². The molecule has 0 radical (unpaired) electrons. The second-order valence-corrected chi connectivity index (χ2v) is 3.64. The number of H-pyrrole nitrogens is 1. The summed E-state index contributed by atoms with van der Waals surface area (Å²) in [5, 5.41) is 12.9. The topological polar surface area (TPSA) is 65.1 Å². The van der Waals surface area contributed by atoms with Gasteiger partial charge in [0.1, 0.15) is 6.29 Å². The van der Waals surface area contributed by atoms with E-state index in [1.165, 1.54) is 0 Å². The van der Waals surface area contributed by atoms with Gasteiger partial charge in [-0.25, -0.2) is 0 Å². The number of carbonyl (C=O) groups is 1. The number of hydrogen-bond donors (Lipinski definition) is 3. The third-order valence-electron chi connectivity index (χ3n) is 2.53. The van der Waals surface area contributed by atoms with E-state index in [4.69, 9.17) is 5.11 Å². The monoisotopic (exact) mass is 218 g/mol. The molecule has 4 heteroatoms. The van der Waals surface area contributed by atoms with Crippen LogP contribution in [0.2, 0.25) is 0 Å². The van der Waals surface area contributed by atoms with Gasteiger partial charge in [-0.05, 0) is 11.6 Å². The Bertz CT molecular complexity index is 491. The Morgan fingerprint density at radius 2 is 2.31 bits per heavy atom. The SMILES string of the molecule is O=Cc1ccc2c(CNCCO)c[nH]c2c1. The summed E-state index contributed by atoms with van der Waals surface area (Å²) in [4.78, 5) is 13.7. The lowest BCUT2D eigenvalue weighted by molar-refractivity contribution is 0.112. The first-order chi connectivity index (χ1) is 7.85. The van der Waals surface area contributed by atoms with Crippen molar-refractivity contribution in [2.75, 3.05) is 13.2 Å². The first-order valence-corrected chi connectivity index (χ1v) is 5.22. The minimum atomic E-state index is 0.137. The summed E-state index contributed by atoms with van der Waals surface area (Å²) < 4.78 is 0. The van der Waals surface area contributed by atoms with Gasteiger partial charge in [0.25, 0.3) is 0 Å². The number of fused-ring (bicyclic) bond motifs is 1. The molecular weight excluding hydrogens is 204 g/mol. The van der Waals surface area contributed by atoms with Crippen molar-refractivity contribution in [1.29, 1.82) is 0 Å². The van der Waals surface area contributed by atoms with E-state index >= 15 is 0 Å². The van der Waals surface area contributed by atoms with E-state index in [9.17, 15) is 4.79 Å². The Hall–Kier alpha value is -1.65. The van der Waals surface area contributed by atoms with Gasteiger partial charge < -0.3 is 15.4 Å². The zero-order valence-corrected chi connectivity index (χ0v) is 8.86. The van der Waals surface area contributed by atoms with Crippen molar-refractivity contribution in [2.45, 2.75) is 6.54 Å². The molecule has 0 aliphatic carbocycles. The molecule has 0 saturated carbocycles. The maximum absolute atomic E-state index is 10.6. The molecule has 0 bridgehead atoms. The van der Waals surface area contributed by atoms with Crippen LogP contribution in [0.25, 0.3) is 10.9 Å². The van der Waals surface area contributed by atoms with Crippen LogP contribution in [-0.2, 0) is 6.54 Å². The highest BCUT2D eigenvalue weighted by Crippen LogP contribution is 2.18. The first kappa shape index (κ1) is 10.9. The zero-order chi connectivity index (χ0) is 11.4. The van der Waals surface area contributed by atoms with E-state index in [1.807, 2.05) is 18.3 Å². The number of benzene rings is 1. The standard InChI is InChI=1S/C12H14N2O2/c15-4-3-13-6-10-7-14-12-5-9(8-16)1-2-11(10)12/h1-2,5,7-8,13-15H,3-4,6H2. The Morgan fingerprint density at radius 3 is 3.06 bits per heavy atom. The molecule has 3 N–H and O–H groups in total. The lowest BCUT2D eigenvalue weighted by Crippen LogP contribution is -2.17. The molecule has 0 saturated heterocycles. The van der Waals surface area contributed by atoms with E-state index < -0.39 is 0 Å². The van der Waals surface area contributed by atoms with Crippen LogP contribution >= 0.6 is 0 Å². The smallest absolute Gasteiger partial charge is 0.150 e. The highest BCUT2D eigenvalue weighted by atomic mass is 16.3. The van der Waals surface area contributed by atoms with Crippen molar-refractivity contribution in [3.63, 3.8) is 0 Å². The van der Waals surface area contributed by atoms with Gasteiger partial charge in [-0.15, -0.1) is 0 Å². The van der Waals surface area contributed by atoms with Crippen molar-refractivity contribution in [3.05, 3.63) is 35.5 Å². The Labute approximate surface area is 93.3 Å². The molecule has 0 aliphatic rings. The summed E-state index contributed by atoms with van der Waals surface area (Å²) in [5.74, 6) is 0. The lowest BCUT2D eigenvalue weighted by atomic mass is 10.1. The number of carbonyl (C=O) groups excluding carboxylic acids is 1. The van der Waals surface area contributed by atoms with E-state index in [0.29, 0.717) is 18.7 Å². The van der Waals surface area contributed by atoms with Gasteiger partial charge in [0, 0.05) is 35.8 Å². The largest absolute Gasteiger partial charge is 0.395 e. The van der Waals surface area contributed by atoms with Gasteiger partial charge in [-0.3, -0.25) is 4.79 Å². The zero-order valence-electron chi connectivity index (χ0n) is 8.86. The maximum atomic E-state index is 10.6. The van der Waals surface area contributed by atoms with Gasteiger partial charge in [-0.1, -0.05) is 12.1 Å². The first-order valence-electron chi connectivity index (χ1n) is 5.22. The van der Waals surface area contributed by atoms with E-state index in [2.05, 4.69) is 10.3 Å². The molecule has 4 nitrogen and oxygen atoms in total. The molecule has 0 unspecified atom stereocenters. The molecular formula is C12H14N2O2. The predicted octanol–water partition coefficient (Wildman–Crippen LogP) is 1.06. The van der Waals surface area contributed by atoms with Crippen LogP contribution in [0.5, 0.6) is 0 Å². The van der Waals surface area contributed by atoms with Crippen LogP contribution in [0.1, 0.15) is 15.9 Å². The fourth-order valence-electron chi connectivity index (χ4n) is 1.73. The van der Waals surface area contributed by atoms with Gasteiger partial charge in [0.05, 0.1) is 6.61 Å². The lowest BCUT2D eigenvalue weighted by Gasteiger charge is -2.01.